The number of nitrogens with zero attached hydrogens (tertiary/aromatic N) is 1. The Labute approximate surface area is 315 Å². The van der Waals surface area contributed by atoms with Crippen LogP contribution in [0.4, 0.5) is 0 Å². The summed E-state index contributed by atoms with van der Waals surface area (Å²) in [6.45, 7) is 36.1. The van der Waals surface area contributed by atoms with E-state index in [9.17, 15) is 24.9 Å². The highest BCUT2D eigenvalue weighted by Crippen LogP contribution is 2.51. The standard InChI is InChI=1S/C45H71NO6/c1-39(2,3)31(28-18-19-35(47)32(22-28)40(4,5)6)25-36(48)52-21-20-46-43(13,14)26-30(27-44(46,15)16)45(17,38(50)51)29-23-33(41(7,8)9)37(49)34(24-29)42(10,11)12/h18-19,22-24,30-31,47,49H,20-21,25-27H2,1-17H3,(H,50,51). The summed E-state index contributed by atoms with van der Waals surface area (Å²) in [5, 5.41) is 33.0. The molecule has 0 amide bonds. The van der Waals surface area contributed by atoms with Gasteiger partial charge in [0, 0.05) is 17.6 Å². The van der Waals surface area contributed by atoms with Crippen LogP contribution in [-0.4, -0.2) is 56.4 Å². The van der Waals surface area contributed by atoms with Crippen molar-refractivity contribution in [1.29, 1.82) is 0 Å². The number of rotatable bonds is 9. The fraction of sp³-hybridized carbons (Fsp3) is 0.689. The third-order valence-corrected chi connectivity index (χ3v) is 11.8. The molecule has 0 radical (unpaired) electrons. The van der Waals surface area contributed by atoms with E-state index in [1.165, 1.54) is 0 Å². The molecule has 1 fully saturated rings. The number of carbonyl (C=O) groups excluding carboxylic acids is 1. The minimum atomic E-state index is -1.20. The fourth-order valence-electron chi connectivity index (χ4n) is 8.71. The maximum atomic E-state index is 13.5. The molecule has 2 aromatic carbocycles. The molecule has 0 spiro atoms. The van der Waals surface area contributed by atoms with Crippen LogP contribution in [-0.2, 0) is 36.0 Å². The number of aliphatic carboxylic acids is 1. The average Bonchev–Trinajstić information content (AvgIpc) is 2.94. The van der Waals surface area contributed by atoms with E-state index >= 15 is 0 Å². The van der Waals surface area contributed by atoms with E-state index in [-0.39, 0.29) is 64.0 Å². The van der Waals surface area contributed by atoms with E-state index in [1.54, 1.807) is 6.07 Å². The van der Waals surface area contributed by atoms with Crippen molar-refractivity contribution in [3.8, 4) is 11.5 Å². The number of phenolic OH excluding ortho intramolecular Hbond substituents is 2. The van der Waals surface area contributed by atoms with Gasteiger partial charge in [-0.25, -0.2) is 0 Å². The van der Waals surface area contributed by atoms with Crippen molar-refractivity contribution < 1.29 is 29.6 Å². The lowest BCUT2D eigenvalue weighted by Crippen LogP contribution is -2.64. The smallest absolute Gasteiger partial charge is 0.314 e. The SMILES string of the molecule is CC(C)(C)c1cc(C(CC(=O)OCCN2C(C)(C)CC(C(C)(C(=O)O)c3cc(C(C)(C)C)c(O)c(C(C)(C)C)c3)CC2(C)C)C(C)(C)C)ccc1O. The number of hydrogen-bond donors (Lipinski definition) is 3. The van der Waals surface area contributed by atoms with Crippen molar-refractivity contribution >= 4 is 11.9 Å². The van der Waals surface area contributed by atoms with E-state index < -0.39 is 22.5 Å². The zero-order valence-corrected chi connectivity index (χ0v) is 35.6. The molecule has 3 rings (SSSR count). The van der Waals surface area contributed by atoms with Crippen LogP contribution < -0.4 is 0 Å². The number of piperidine rings is 1. The predicted molar refractivity (Wildman–Crippen MR) is 213 cm³/mol. The summed E-state index contributed by atoms with van der Waals surface area (Å²) in [7, 11) is 0. The number of likely N-dealkylation sites (tertiary alicyclic amines) is 1. The molecule has 292 valence electrons. The van der Waals surface area contributed by atoms with Crippen molar-refractivity contribution in [3.05, 3.63) is 58.1 Å². The summed E-state index contributed by atoms with van der Waals surface area (Å²) < 4.78 is 5.95. The van der Waals surface area contributed by atoms with Gasteiger partial charge in [0.1, 0.15) is 18.1 Å². The quantitative estimate of drug-likeness (QED) is 0.221. The van der Waals surface area contributed by atoms with Crippen LogP contribution in [0.25, 0.3) is 0 Å². The van der Waals surface area contributed by atoms with Gasteiger partial charge in [-0.05, 0) is 115 Å². The number of phenols is 2. The van der Waals surface area contributed by atoms with Crippen LogP contribution in [0, 0.1) is 11.3 Å². The maximum Gasteiger partial charge on any atom is 0.314 e. The molecule has 2 unspecified atom stereocenters. The largest absolute Gasteiger partial charge is 0.508 e. The highest BCUT2D eigenvalue weighted by atomic mass is 16.5. The molecule has 0 aromatic heterocycles. The Morgan fingerprint density at radius 1 is 0.769 bits per heavy atom. The summed E-state index contributed by atoms with van der Waals surface area (Å²) in [5.74, 6) is -0.921. The Hall–Kier alpha value is -3.06. The predicted octanol–water partition coefficient (Wildman–Crippen LogP) is 10.4. The van der Waals surface area contributed by atoms with Crippen molar-refractivity contribution in [2.45, 2.75) is 176 Å². The normalized spacial score (nSPS) is 19.2. The Bertz CT molecular complexity index is 1570. The average molecular weight is 722 g/mol. The second kappa shape index (κ2) is 14.3. The third-order valence-electron chi connectivity index (χ3n) is 11.8. The minimum absolute atomic E-state index is 0.100. The first-order valence-electron chi connectivity index (χ1n) is 19.1. The molecule has 0 saturated carbocycles. The number of ether oxygens (including phenoxy) is 1. The molecule has 1 saturated heterocycles. The molecule has 1 heterocycles. The number of esters is 1. The number of carboxylic acids is 1. The molecule has 52 heavy (non-hydrogen) atoms. The van der Waals surface area contributed by atoms with E-state index in [0.717, 1.165) is 27.8 Å². The number of carboxylic acid groups (broad SMARTS) is 1. The van der Waals surface area contributed by atoms with Gasteiger partial charge in [0.2, 0.25) is 0 Å². The first kappa shape index (κ1) is 43.3. The van der Waals surface area contributed by atoms with Crippen molar-refractivity contribution in [3.63, 3.8) is 0 Å². The van der Waals surface area contributed by atoms with Crippen LogP contribution in [0.1, 0.15) is 171 Å². The molecule has 7 nitrogen and oxygen atoms in total. The molecule has 3 N–H and O–H groups in total. The Morgan fingerprint density at radius 3 is 1.63 bits per heavy atom. The first-order valence-corrected chi connectivity index (χ1v) is 19.1. The number of carbonyl (C=O) groups is 2. The zero-order chi connectivity index (χ0) is 40.2. The highest BCUT2D eigenvalue weighted by molar-refractivity contribution is 5.82. The number of hydrogen-bond acceptors (Lipinski definition) is 6. The lowest BCUT2D eigenvalue weighted by molar-refractivity contribution is -0.153. The second-order valence-electron chi connectivity index (χ2n) is 21.2. The van der Waals surface area contributed by atoms with Gasteiger partial charge in [-0.1, -0.05) is 107 Å². The molecule has 7 heteroatoms. The van der Waals surface area contributed by atoms with Crippen LogP contribution in [0.5, 0.6) is 11.5 Å². The monoisotopic (exact) mass is 722 g/mol. The summed E-state index contributed by atoms with van der Waals surface area (Å²) in [6.07, 6.45) is 1.49. The molecule has 1 aliphatic rings. The van der Waals surface area contributed by atoms with Crippen molar-refractivity contribution in [1.82, 2.24) is 4.90 Å². The van der Waals surface area contributed by atoms with Gasteiger partial charge in [-0.3, -0.25) is 14.5 Å². The molecular formula is C45H71NO6. The molecule has 0 bridgehead atoms. The van der Waals surface area contributed by atoms with Crippen molar-refractivity contribution in [2.24, 2.45) is 11.3 Å². The lowest BCUT2D eigenvalue weighted by atomic mass is 9.60. The van der Waals surface area contributed by atoms with E-state index in [0.29, 0.717) is 19.4 Å². The lowest BCUT2D eigenvalue weighted by Gasteiger charge is -2.58. The zero-order valence-electron chi connectivity index (χ0n) is 35.6. The first-order chi connectivity index (χ1) is 23.2. The van der Waals surface area contributed by atoms with Gasteiger partial charge in [0.05, 0.1) is 11.8 Å². The Morgan fingerprint density at radius 2 is 1.23 bits per heavy atom. The van der Waals surface area contributed by atoms with Gasteiger partial charge in [-0.15, -0.1) is 0 Å². The summed E-state index contributed by atoms with van der Waals surface area (Å²) in [5.41, 5.74) is 0.890. The van der Waals surface area contributed by atoms with Crippen molar-refractivity contribution in [2.75, 3.05) is 13.2 Å². The van der Waals surface area contributed by atoms with E-state index in [2.05, 4.69) is 74.1 Å². The molecule has 0 aliphatic carbocycles. The van der Waals surface area contributed by atoms with E-state index in [4.69, 9.17) is 4.74 Å². The topological polar surface area (TPSA) is 107 Å². The third kappa shape index (κ3) is 9.17. The van der Waals surface area contributed by atoms with Crippen LogP contribution in [0.3, 0.4) is 0 Å². The van der Waals surface area contributed by atoms with Gasteiger partial charge in [-0.2, -0.15) is 0 Å². The Kier molecular flexibility index (Phi) is 11.9. The molecule has 2 aromatic rings. The molecule has 1 aliphatic heterocycles. The highest BCUT2D eigenvalue weighted by Gasteiger charge is 2.54. The summed E-state index contributed by atoms with van der Waals surface area (Å²) in [4.78, 5) is 29.3. The maximum absolute atomic E-state index is 13.5. The van der Waals surface area contributed by atoms with Crippen LogP contribution in [0.2, 0.25) is 0 Å². The number of benzene rings is 2. The summed E-state index contributed by atoms with van der Waals surface area (Å²) >= 11 is 0. The Balaban J connectivity index is 1.87. The molecular weight excluding hydrogens is 650 g/mol. The van der Waals surface area contributed by atoms with Crippen LogP contribution in [0.15, 0.2) is 30.3 Å². The van der Waals surface area contributed by atoms with Crippen LogP contribution >= 0.6 is 0 Å². The number of aromatic hydroxyl groups is 2. The van der Waals surface area contributed by atoms with Gasteiger partial charge >= 0.3 is 11.9 Å². The van der Waals surface area contributed by atoms with Gasteiger partial charge in [0.25, 0.3) is 0 Å². The fourth-order valence-corrected chi connectivity index (χ4v) is 8.71. The molecule has 2 atom stereocenters. The van der Waals surface area contributed by atoms with Gasteiger partial charge in [0.15, 0.2) is 0 Å². The van der Waals surface area contributed by atoms with Gasteiger partial charge < -0.3 is 20.1 Å². The second-order valence-corrected chi connectivity index (χ2v) is 21.2. The minimum Gasteiger partial charge on any atom is -0.508 e. The summed E-state index contributed by atoms with van der Waals surface area (Å²) in [6, 6.07) is 9.54. The van der Waals surface area contributed by atoms with E-state index in [1.807, 2.05) is 72.7 Å².